The molecule has 0 aliphatic heterocycles. The zero-order valence-corrected chi connectivity index (χ0v) is 21.9. The molecular formula is C27H21IO9. The Hall–Kier alpha value is -4.03. The first-order valence-electron chi connectivity index (χ1n) is 10.8. The number of carbonyl (C=O) groups is 4. The van der Waals surface area contributed by atoms with E-state index in [0.29, 0.717) is 5.75 Å². The smallest absolute Gasteiger partial charge is 0.343 e. The number of esters is 3. The van der Waals surface area contributed by atoms with Crippen LogP contribution in [0.2, 0.25) is 0 Å². The van der Waals surface area contributed by atoms with Crippen molar-refractivity contribution in [3.8, 4) is 11.5 Å². The summed E-state index contributed by atoms with van der Waals surface area (Å²) in [4.78, 5) is 48.0. The van der Waals surface area contributed by atoms with E-state index in [9.17, 15) is 19.2 Å². The summed E-state index contributed by atoms with van der Waals surface area (Å²) in [5.74, 6) is -1.76. The lowest BCUT2D eigenvalue weighted by molar-refractivity contribution is -0.126. The zero-order chi connectivity index (χ0) is 26.8. The van der Waals surface area contributed by atoms with Gasteiger partial charge in [0.05, 0.1) is 16.7 Å². The number of hydrogen-bond donors (Lipinski definition) is 0. The lowest BCUT2D eigenvalue weighted by atomic mass is 10.1. The van der Waals surface area contributed by atoms with Gasteiger partial charge in [-0.05, 0) is 79.2 Å². The second-order valence-corrected chi connectivity index (χ2v) is 7.83. The van der Waals surface area contributed by atoms with E-state index in [2.05, 4.69) is 3.07 Å². The quantitative estimate of drug-likeness (QED) is 0.106. The summed E-state index contributed by atoms with van der Waals surface area (Å²) in [6.45, 7) is 1.58. The van der Waals surface area contributed by atoms with Gasteiger partial charge in [-0.15, -0.1) is 0 Å². The van der Waals surface area contributed by atoms with E-state index < -0.39 is 30.2 Å². The maximum atomic E-state index is 12.4. The molecule has 0 amide bonds. The summed E-state index contributed by atoms with van der Waals surface area (Å²) in [6.07, 6.45) is 2.15. The van der Waals surface area contributed by atoms with E-state index in [1.165, 1.54) is 84.7 Å². The van der Waals surface area contributed by atoms with Gasteiger partial charge in [0.25, 0.3) is 0 Å². The van der Waals surface area contributed by atoms with Gasteiger partial charge in [-0.3, -0.25) is 0 Å². The Morgan fingerprint density at radius 3 is 1.59 bits per heavy atom. The van der Waals surface area contributed by atoms with Gasteiger partial charge in [-0.2, -0.15) is 0 Å². The summed E-state index contributed by atoms with van der Waals surface area (Å²) in [5.41, 5.74) is 1.46. The van der Waals surface area contributed by atoms with E-state index >= 15 is 0 Å². The van der Waals surface area contributed by atoms with Gasteiger partial charge in [0.1, 0.15) is 11.5 Å². The van der Waals surface area contributed by atoms with Crippen LogP contribution in [0.15, 0.2) is 78.9 Å². The van der Waals surface area contributed by atoms with Crippen molar-refractivity contribution in [1.82, 2.24) is 0 Å². The Morgan fingerprint density at radius 2 is 1.14 bits per heavy atom. The fourth-order valence-corrected chi connectivity index (χ4v) is 2.98. The first-order chi connectivity index (χ1) is 17.8. The number of ether oxygens (including phenoxy) is 4. The number of benzene rings is 3. The fourth-order valence-electron chi connectivity index (χ4n) is 2.84. The van der Waals surface area contributed by atoms with Crippen LogP contribution in [-0.4, -0.2) is 37.3 Å². The number of rotatable bonds is 9. The van der Waals surface area contributed by atoms with Crippen LogP contribution in [0, 0.1) is 0 Å². The van der Waals surface area contributed by atoms with Crippen LogP contribution >= 0.6 is 23.0 Å². The average Bonchev–Trinajstić information content (AvgIpc) is 2.92. The summed E-state index contributed by atoms with van der Waals surface area (Å²) >= 11 is 1.50. The molecule has 3 rings (SSSR count). The van der Waals surface area contributed by atoms with E-state index in [-0.39, 0.29) is 22.4 Å². The predicted molar refractivity (Wildman–Crippen MR) is 140 cm³/mol. The molecular weight excluding hydrogens is 595 g/mol. The van der Waals surface area contributed by atoms with Crippen LogP contribution in [0.4, 0.5) is 0 Å². The highest BCUT2D eigenvalue weighted by Gasteiger charge is 2.15. The molecule has 0 saturated carbocycles. The highest BCUT2D eigenvalue weighted by molar-refractivity contribution is 14.1. The summed E-state index contributed by atoms with van der Waals surface area (Å²) in [5, 5.41) is 0. The van der Waals surface area contributed by atoms with Gasteiger partial charge in [0, 0.05) is 13.2 Å². The highest BCUT2D eigenvalue weighted by atomic mass is 127. The third kappa shape index (κ3) is 8.26. The zero-order valence-electron chi connectivity index (χ0n) is 19.7. The van der Waals surface area contributed by atoms with Crippen molar-refractivity contribution in [3.63, 3.8) is 0 Å². The van der Waals surface area contributed by atoms with Gasteiger partial charge in [-0.25, -0.2) is 19.2 Å². The minimum absolute atomic E-state index is 0.222. The lowest BCUT2D eigenvalue weighted by Gasteiger charge is -2.11. The van der Waals surface area contributed by atoms with Crippen LogP contribution in [0.3, 0.4) is 0 Å². The van der Waals surface area contributed by atoms with Crippen LogP contribution in [0.5, 0.6) is 11.5 Å². The van der Waals surface area contributed by atoms with E-state index in [1.54, 1.807) is 37.3 Å². The normalized spacial score (nSPS) is 11.4. The van der Waals surface area contributed by atoms with E-state index in [0.717, 1.165) is 5.56 Å². The lowest BCUT2D eigenvalue weighted by Crippen LogP contribution is -2.16. The van der Waals surface area contributed by atoms with Crippen molar-refractivity contribution in [2.45, 2.75) is 13.2 Å². The van der Waals surface area contributed by atoms with Crippen molar-refractivity contribution in [2.75, 3.05) is 7.11 Å². The average molecular weight is 616 g/mol. The van der Waals surface area contributed by atoms with Crippen molar-refractivity contribution < 1.29 is 41.2 Å². The van der Waals surface area contributed by atoms with Gasteiger partial charge >= 0.3 is 23.9 Å². The largest absolute Gasteiger partial charge is 0.432 e. The van der Waals surface area contributed by atoms with E-state index in [4.69, 9.17) is 18.9 Å². The molecule has 0 fully saturated rings. The molecule has 0 spiro atoms. The summed E-state index contributed by atoms with van der Waals surface area (Å²) in [7, 11) is 1.42. The Morgan fingerprint density at radius 1 is 0.703 bits per heavy atom. The second-order valence-electron chi connectivity index (χ2n) is 7.39. The topological polar surface area (TPSA) is 114 Å². The Bertz CT molecular complexity index is 1280. The first kappa shape index (κ1) is 27.6. The molecule has 37 heavy (non-hydrogen) atoms. The van der Waals surface area contributed by atoms with Gasteiger partial charge in [0.15, 0.2) is 29.3 Å². The molecule has 1 atom stereocenters. The molecule has 10 heteroatoms. The summed E-state index contributed by atoms with van der Waals surface area (Å²) < 4.78 is 25.1. The predicted octanol–water partition coefficient (Wildman–Crippen LogP) is 5.18. The van der Waals surface area contributed by atoms with Crippen molar-refractivity contribution in [2.24, 2.45) is 0 Å². The Kier molecular flexibility index (Phi) is 9.92. The second kappa shape index (κ2) is 13.3. The van der Waals surface area contributed by atoms with Crippen molar-refractivity contribution >= 4 is 53.0 Å². The molecule has 190 valence electrons. The van der Waals surface area contributed by atoms with E-state index in [1.807, 2.05) is 0 Å². The number of methoxy groups -OCH3 is 1. The molecule has 1 unspecified atom stereocenters. The van der Waals surface area contributed by atoms with Gasteiger partial charge in [0.2, 0.25) is 0 Å². The molecule has 0 bridgehead atoms. The molecule has 9 nitrogen and oxygen atoms in total. The molecule has 0 aliphatic rings. The number of hydrogen-bond acceptors (Lipinski definition) is 9. The van der Waals surface area contributed by atoms with Crippen molar-refractivity contribution in [3.05, 3.63) is 101 Å². The Balaban J connectivity index is 1.55. The maximum absolute atomic E-state index is 12.4. The molecule has 0 N–H and O–H groups in total. The molecule has 0 heterocycles. The maximum Gasteiger partial charge on any atom is 0.343 e. The van der Waals surface area contributed by atoms with Gasteiger partial charge < -0.3 is 22.0 Å². The van der Waals surface area contributed by atoms with Crippen LogP contribution in [-0.2, 0) is 17.3 Å². The standard InChI is InChI=1S/C27H21IO9/c1-17(33-2)34-25(30)19-6-8-20(9-7-19)26(31)36-23-14-10-21(11-15-23)27(32)35-22-12-3-18(4-13-22)5-16-24(29)37-28/h3-17H,1-2H3/b16-5+. The first-order valence-corrected chi connectivity index (χ1v) is 11.7. The van der Waals surface area contributed by atoms with Crippen LogP contribution in [0.1, 0.15) is 43.6 Å². The molecule has 0 radical (unpaired) electrons. The molecule has 3 aromatic carbocycles. The minimum Gasteiger partial charge on any atom is -0.432 e. The molecule has 3 aromatic rings. The Labute approximate surface area is 226 Å². The number of halogens is 1. The van der Waals surface area contributed by atoms with Crippen molar-refractivity contribution in [1.29, 1.82) is 0 Å². The fraction of sp³-hybridized carbons (Fsp3) is 0.111. The minimum atomic E-state index is -0.695. The molecule has 0 aromatic heterocycles. The summed E-state index contributed by atoms with van der Waals surface area (Å²) in [6, 6.07) is 18.2. The van der Waals surface area contributed by atoms with Crippen LogP contribution < -0.4 is 9.47 Å². The molecule has 0 saturated heterocycles. The third-order valence-corrected chi connectivity index (χ3v) is 5.27. The third-order valence-electron chi connectivity index (χ3n) is 4.84. The van der Waals surface area contributed by atoms with Crippen LogP contribution in [0.25, 0.3) is 6.08 Å². The molecule has 0 aliphatic carbocycles. The monoisotopic (exact) mass is 616 g/mol. The number of carbonyl (C=O) groups excluding carboxylic acids is 4. The van der Waals surface area contributed by atoms with Gasteiger partial charge in [-0.1, -0.05) is 12.1 Å². The highest BCUT2D eigenvalue weighted by Crippen LogP contribution is 2.19. The SMILES string of the molecule is COC(C)OC(=O)c1ccc(C(=O)Oc2ccc(C(=O)Oc3ccc(/C=C/C(=O)OI)cc3)cc2)cc1.